The van der Waals surface area contributed by atoms with E-state index in [2.05, 4.69) is 25.9 Å². The number of aromatic nitrogens is 2. The van der Waals surface area contributed by atoms with Crippen molar-refractivity contribution in [1.29, 1.82) is 0 Å². The fraction of sp³-hybridized carbons (Fsp3) is 0.111. The topological polar surface area (TPSA) is 25.8 Å². The Balaban J connectivity index is 1.92. The minimum absolute atomic E-state index is 0.0158. The SMILES string of the molecule is Fc1ccc(CSc2nc(-c3ccc(Br)cc3)cc(C(F)(F)F)n2)cc1. The van der Waals surface area contributed by atoms with Crippen LogP contribution in [-0.2, 0) is 11.9 Å². The van der Waals surface area contributed by atoms with Gasteiger partial charge in [-0.15, -0.1) is 0 Å². The molecule has 0 bridgehead atoms. The highest BCUT2D eigenvalue weighted by Crippen LogP contribution is 2.33. The molecule has 2 aromatic carbocycles. The van der Waals surface area contributed by atoms with Gasteiger partial charge in [-0.25, -0.2) is 14.4 Å². The summed E-state index contributed by atoms with van der Waals surface area (Å²) < 4.78 is 53.3. The molecule has 0 radical (unpaired) electrons. The van der Waals surface area contributed by atoms with Gasteiger partial charge in [0.25, 0.3) is 0 Å². The van der Waals surface area contributed by atoms with Crippen LogP contribution in [0, 0.1) is 5.82 Å². The van der Waals surface area contributed by atoms with Crippen LogP contribution in [0.3, 0.4) is 0 Å². The maximum absolute atomic E-state index is 13.2. The molecular weight excluding hydrogens is 432 g/mol. The first-order valence-electron chi connectivity index (χ1n) is 7.41. The average molecular weight is 443 g/mol. The lowest BCUT2D eigenvalue weighted by Gasteiger charge is -2.10. The monoisotopic (exact) mass is 442 g/mol. The maximum Gasteiger partial charge on any atom is 0.433 e. The zero-order valence-corrected chi connectivity index (χ0v) is 15.5. The van der Waals surface area contributed by atoms with Crippen molar-refractivity contribution in [3.8, 4) is 11.3 Å². The quantitative estimate of drug-likeness (QED) is 0.267. The van der Waals surface area contributed by atoms with E-state index in [0.29, 0.717) is 11.3 Å². The molecule has 0 aliphatic rings. The van der Waals surface area contributed by atoms with E-state index in [9.17, 15) is 17.6 Å². The molecule has 26 heavy (non-hydrogen) atoms. The fourth-order valence-corrected chi connectivity index (χ4v) is 3.21. The van der Waals surface area contributed by atoms with Crippen molar-refractivity contribution in [1.82, 2.24) is 9.97 Å². The summed E-state index contributed by atoms with van der Waals surface area (Å²) in [4.78, 5) is 7.87. The summed E-state index contributed by atoms with van der Waals surface area (Å²) in [6, 6.07) is 13.5. The highest BCUT2D eigenvalue weighted by molar-refractivity contribution is 9.10. The van der Waals surface area contributed by atoms with Crippen LogP contribution in [-0.4, -0.2) is 9.97 Å². The normalized spacial score (nSPS) is 11.6. The second-order valence-electron chi connectivity index (χ2n) is 5.34. The van der Waals surface area contributed by atoms with Crippen LogP contribution < -0.4 is 0 Å². The van der Waals surface area contributed by atoms with Gasteiger partial charge < -0.3 is 0 Å². The van der Waals surface area contributed by atoms with Gasteiger partial charge in [0.15, 0.2) is 5.16 Å². The standard InChI is InChI=1S/C18H11BrF4N2S/c19-13-5-3-12(4-6-13)15-9-16(18(21,22)23)25-17(24-15)26-10-11-1-7-14(20)8-2-11/h1-9H,10H2. The number of benzene rings is 2. The first kappa shape index (κ1) is 18.8. The van der Waals surface area contributed by atoms with Crippen molar-refractivity contribution in [3.05, 3.63) is 76.1 Å². The third-order valence-corrected chi connectivity index (χ3v) is 4.86. The molecule has 0 aliphatic heterocycles. The van der Waals surface area contributed by atoms with E-state index in [1.54, 1.807) is 36.4 Å². The van der Waals surface area contributed by atoms with Crippen LogP contribution in [0.25, 0.3) is 11.3 Å². The molecule has 3 aromatic rings. The first-order chi connectivity index (χ1) is 12.3. The summed E-state index contributed by atoms with van der Waals surface area (Å²) in [6.07, 6.45) is -4.57. The lowest BCUT2D eigenvalue weighted by molar-refractivity contribution is -0.141. The molecule has 3 rings (SSSR count). The molecule has 8 heteroatoms. The number of halogens is 5. The Morgan fingerprint density at radius 2 is 1.58 bits per heavy atom. The molecule has 0 spiro atoms. The van der Waals surface area contributed by atoms with Crippen molar-refractivity contribution < 1.29 is 17.6 Å². The van der Waals surface area contributed by atoms with Crippen LogP contribution in [0.1, 0.15) is 11.3 Å². The third-order valence-electron chi connectivity index (χ3n) is 3.42. The van der Waals surface area contributed by atoms with Crippen LogP contribution in [0.4, 0.5) is 17.6 Å². The largest absolute Gasteiger partial charge is 0.433 e. The summed E-state index contributed by atoms with van der Waals surface area (Å²) in [5, 5.41) is 0.0158. The number of hydrogen-bond donors (Lipinski definition) is 0. The summed E-state index contributed by atoms with van der Waals surface area (Å²) in [6.45, 7) is 0. The fourth-order valence-electron chi connectivity index (χ4n) is 2.13. The van der Waals surface area contributed by atoms with Gasteiger partial charge in [0.1, 0.15) is 11.5 Å². The first-order valence-corrected chi connectivity index (χ1v) is 9.18. The Morgan fingerprint density at radius 1 is 0.923 bits per heavy atom. The molecule has 0 fully saturated rings. The number of nitrogens with zero attached hydrogens (tertiary/aromatic N) is 2. The van der Waals surface area contributed by atoms with Crippen molar-refractivity contribution in [2.45, 2.75) is 17.1 Å². The van der Waals surface area contributed by atoms with E-state index in [-0.39, 0.29) is 16.7 Å². The number of thioether (sulfide) groups is 1. The molecular formula is C18H11BrF4N2S. The molecule has 0 saturated carbocycles. The van der Waals surface area contributed by atoms with E-state index in [4.69, 9.17) is 0 Å². The van der Waals surface area contributed by atoms with Gasteiger partial charge in [-0.3, -0.25) is 0 Å². The van der Waals surface area contributed by atoms with Crippen LogP contribution in [0.2, 0.25) is 0 Å². The van der Waals surface area contributed by atoms with Gasteiger partial charge in [0, 0.05) is 15.8 Å². The van der Waals surface area contributed by atoms with E-state index in [1.807, 2.05) is 0 Å². The van der Waals surface area contributed by atoms with Gasteiger partial charge in [-0.05, 0) is 35.9 Å². The Bertz CT molecular complexity index is 897. The second kappa shape index (κ2) is 7.75. The molecule has 1 aromatic heterocycles. The maximum atomic E-state index is 13.2. The predicted molar refractivity (Wildman–Crippen MR) is 96.1 cm³/mol. The molecule has 134 valence electrons. The lowest BCUT2D eigenvalue weighted by Crippen LogP contribution is -2.10. The zero-order chi connectivity index (χ0) is 18.7. The van der Waals surface area contributed by atoms with Gasteiger partial charge in [0.05, 0.1) is 5.69 Å². The van der Waals surface area contributed by atoms with E-state index in [1.165, 1.54) is 12.1 Å². The minimum atomic E-state index is -4.57. The van der Waals surface area contributed by atoms with Crippen molar-refractivity contribution in [2.75, 3.05) is 0 Å². The summed E-state index contributed by atoms with van der Waals surface area (Å²) >= 11 is 4.36. The van der Waals surface area contributed by atoms with Crippen LogP contribution >= 0.6 is 27.7 Å². The smallest absolute Gasteiger partial charge is 0.222 e. The van der Waals surface area contributed by atoms with E-state index < -0.39 is 11.9 Å². The summed E-state index contributed by atoms with van der Waals surface area (Å²) in [5.74, 6) is -0.0342. The Labute approximate surface area is 159 Å². The molecule has 1 heterocycles. The average Bonchev–Trinajstić information content (AvgIpc) is 2.61. The molecule has 0 amide bonds. The van der Waals surface area contributed by atoms with Gasteiger partial charge in [-0.2, -0.15) is 13.2 Å². The van der Waals surface area contributed by atoms with Crippen LogP contribution in [0.5, 0.6) is 0 Å². The predicted octanol–water partition coefficient (Wildman–Crippen LogP) is 6.36. The molecule has 2 nitrogen and oxygen atoms in total. The van der Waals surface area contributed by atoms with Crippen molar-refractivity contribution in [3.63, 3.8) is 0 Å². The molecule has 0 aliphatic carbocycles. The minimum Gasteiger partial charge on any atom is -0.222 e. The zero-order valence-electron chi connectivity index (χ0n) is 13.1. The van der Waals surface area contributed by atoms with Crippen molar-refractivity contribution >= 4 is 27.7 Å². The van der Waals surface area contributed by atoms with E-state index in [0.717, 1.165) is 27.9 Å². The number of hydrogen-bond acceptors (Lipinski definition) is 3. The molecule has 0 unspecified atom stereocenters. The summed E-state index contributed by atoms with van der Waals surface area (Å²) in [7, 11) is 0. The lowest BCUT2D eigenvalue weighted by atomic mass is 10.1. The highest BCUT2D eigenvalue weighted by Gasteiger charge is 2.33. The Morgan fingerprint density at radius 3 is 2.19 bits per heavy atom. The molecule has 0 saturated heterocycles. The highest BCUT2D eigenvalue weighted by atomic mass is 79.9. The van der Waals surface area contributed by atoms with Crippen molar-refractivity contribution in [2.24, 2.45) is 0 Å². The third kappa shape index (κ3) is 4.82. The number of alkyl halides is 3. The Kier molecular flexibility index (Phi) is 5.62. The molecule has 0 N–H and O–H groups in total. The van der Waals surface area contributed by atoms with Crippen LogP contribution in [0.15, 0.2) is 64.2 Å². The van der Waals surface area contributed by atoms with Gasteiger partial charge in [0.2, 0.25) is 0 Å². The summed E-state index contributed by atoms with van der Waals surface area (Å²) in [5.41, 5.74) is 0.529. The molecule has 0 atom stereocenters. The number of rotatable bonds is 4. The second-order valence-corrected chi connectivity index (χ2v) is 7.20. The Hall–Kier alpha value is -1.93. The van der Waals surface area contributed by atoms with Gasteiger partial charge >= 0.3 is 6.18 Å². The van der Waals surface area contributed by atoms with Gasteiger partial charge in [-0.1, -0.05) is 52.0 Å². The van der Waals surface area contributed by atoms with E-state index >= 15 is 0 Å².